The molecular formula is C25H39NO7S. The minimum absolute atomic E-state index is 0.0363. The average Bonchev–Trinajstić information content (AvgIpc) is 3.36. The third-order valence-electron chi connectivity index (χ3n) is 6.38. The molecule has 192 valence electrons. The second-order valence-corrected chi connectivity index (χ2v) is 12.8. The summed E-state index contributed by atoms with van der Waals surface area (Å²) >= 11 is 0. The number of carbonyl (C=O) groups is 1. The van der Waals surface area contributed by atoms with Crippen LogP contribution >= 0.6 is 0 Å². The Labute approximate surface area is 203 Å². The van der Waals surface area contributed by atoms with Gasteiger partial charge in [0.25, 0.3) is 10.1 Å². The number of carbonyl (C=O) groups excluding carboxylic acids is 1. The Bertz CT molecular complexity index is 962. The van der Waals surface area contributed by atoms with E-state index in [-0.39, 0.29) is 23.5 Å². The van der Waals surface area contributed by atoms with Crippen LogP contribution in [0.3, 0.4) is 0 Å². The number of hydrogen-bond acceptors (Lipinski definition) is 7. The van der Waals surface area contributed by atoms with Gasteiger partial charge in [-0.1, -0.05) is 17.7 Å². The normalized spacial score (nSPS) is 22.4. The summed E-state index contributed by atoms with van der Waals surface area (Å²) in [5.41, 5.74) is -1.20. The molecule has 0 unspecified atom stereocenters. The van der Waals surface area contributed by atoms with E-state index in [1.54, 1.807) is 17.0 Å². The van der Waals surface area contributed by atoms with Gasteiger partial charge < -0.3 is 14.6 Å². The second-order valence-electron chi connectivity index (χ2n) is 11.2. The summed E-state index contributed by atoms with van der Waals surface area (Å²) in [6, 6.07) is 6.23. The number of hydrogen-bond donors (Lipinski definition) is 1. The van der Waals surface area contributed by atoms with Gasteiger partial charge in [-0.2, -0.15) is 8.42 Å². The molecule has 34 heavy (non-hydrogen) atoms. The summed E-state index contributed by atoms with van der Waals surface area (Å²) in [5, 5.41) is 10.4. The molecule has 1 aromatic rings. The van der Waals surface area contributed by atoms with Crippen molar-refractivity contribution in [1.29, 1.82) is 0 Å². The smallest absolute Gasteiger partial charge is 0.412 e. The number of rotatable bonds is 9. The van der Waals surface area contributed by atoms with E-state index in [0.717, 1.165) is 18.4 Å². The van der Waals surface area contributed by atoms with Gasteiger partial charge in [-0.15, -0.1) is 0 Å². The Balaban J connectivity index is 1.73. The van der Waals surface area contributed by atoms with Crippen molar-refractivity contribution in [3.05, 3.63) is 29.8 Å². The highest BCUT2D eigenvalue weighted by Crippen LogP contribution is 2.41. The lowest BCUT2D eigenvalue weighted by Gasteiger charge is -2.36. The summed E-state index contributed by atoms with van der Waals surface area (Å²) in [6.45, 7) is 11.2. The molecule has 0 bridgehead atoms. The minimum Gasteiger partial charge on any atom is -0.444 e. The molecule has 9 heteroatoms. The van der Waals surface area contributed by atoms with E-state index in [1.165, 1.54) is 12.1 Å². The predicted molar refractivity (Wildman–Crippen MR) is 128 cm³/mol. The summed E-state index contributed by atoms with van der Waals surface area (Å²) in [4.78, 5) is 14.7. The summed E-state index contributed by atoms with van der Waals surface area (Å²) in [7, 11) is -3.92. The first-order valence-electron chi connectivity index (χ1n) is 12.0. The third-order valence-corrected chi connectivity index (χ3v) is 7.68. The number of benzene rings is 1. The Morgan fingerprint density at radius 3 is 2.41 bits per heavy atom. The Hall–Kier alpha value is -1.68. The number of amides is 1. The number of aryl methyl sites for hydroxylation is 1. The molecule has 2 aliphatic rings. The molecule has 3 rings (SSSR count). The standard InChI is InChI=1S/C25H39NO7S/c1-18-7-9-21(10-8-18)34(29,30)32-16-19(11-12-25(28)13-14-25)15-20-17-31-24(5,6)26(20)22(27)33-23(2,3)4/h7-10,19-20,28H,11-17H2,1-6H3/t19-,20+/m1/s1. The van der Waals surface area contributed by atoms with Gasteiger partial charge in [0.05, 0.1) is 29.8 Å². The molecule has 1 N–H and O–H groups in total. The highest BCUT2D eigenvalue weighted by Gasteiger charge is 2.47. The van der Waals surface area contributed by atoms with E-state index >= 15 is 0 Å². The van der Waals surface area contributed by atoms with Gasteiger partial charge in [0.15, 0.2) is 0 Å². The monoisotopic (exact) mass is 497 g/mol. The molecule has 1 saturated carbocycles. The number of nitrogens with zero attached hydrogens (tertiary/aromatic N) is 1. The van der Waals surface area contributed by atoms with Crippen molar-refractivity contribution < 1.29 is 32.0 Å². The van der Waals surface area contributed by atoms with Crippen molar-refractivity contribution in [2.24, 2.45) is 5.92 Å². The van der Waals surface area contributed by atoms with Crippen molar-refractivity contribution in [3.63, 3.8) is 0 Å². The molecule has 1 heterocycles. The van der Waals surface area contributed by atoms with Gasteiger partial charge in [-0.25, -0.2) is 4.79 Å². The van der Waals surface area contributed by atoms with Crippen LogP contribution in [0.15, 0.2) is 29.2 Å². The van der Waals surface area contributed by atoms with E-state index in [1.807, 2.05) is 41.5 Å². The van der Waals surface area contributed by atoms with Crippen LogP contribution in [0.2, 0.25) is 0 Å². The van der Waals surface area contributed by atoms with Crippen LogP contribution in [-0.2, 0) is 23.8 Å². The van der Waals surface area contributed by atoms with Gasteiger partial charge >= 0.3 is 6.09 Å². The second kappa shape index (κ2) is 9.76. The van der Waals surface area contributed by atoms with Crippen LogP contribution in [0.25, 0.3) is 0 Å². The van der Waals surface area contributed by atoms with Gasteiger partial charge in [-0.3, -0.25) is 9.08 Å². The van der Waals surface area contributed by atoms with Crippen molar-refractivity contribution in [2.45, 2.75) is 102 Å². The Kier molecular flexibility index (Phi) is 7.73. The Morgan fingerprint density at radius 2 is 1.85 bits per heavy atom. The van der Waals surface area contributed by atoms with E-state index in [4.69, 9.17) is 13.7 Å². The largest absolute Gasteiger partial charge is 0.444 e. The zero-order chi connectivity index (χ0) is 25.4. The van der Waals surface area contributed by atoms with Crippen LogP contribution in [-0.4, -0.2) is 60.7 Å². The van der Waals surface area contributed by atoms with Crippen LogP contribution in [0, 0.1) is 12.8 Å². The third kappa shape index (κ3) is 7.16. The average molecular weight is 498 g/mol. The van der Waals surface area contributed by atoms with Crippen molar-refractivity contribution in [1.82, 2.24) is 4.90 Å². The van der Waals surface area contributed by atoms with Crippen molar-refractivity contribution in [3.8, 4) is 0 Å². The molecule has 0 radical (unpaired) electrons. The molecule has 0 spiro atoms. The van der Waals surface area contributed by atoms with Gasteiger partial charge in [0.2, 0.25) is 0 Å². The van der Waals surface area contributed by atoms with E-state index in [0.29, 0.717) is 25.9 Å². The number of aliphatic hydroxyl groups is 1. The molecule has 1 aliphatic carbocycles. The van der Waals surface area contributed by atoms with Gasteiger partial charge in [0.1, 0.15) is 11.3 Å². The van der Waals surface area contributed by atoms with Crippen LogP contribution in [0.4, 0.5) is 4.79 Å². The van der Waals surface area contributed by atoms with Crippen molar-refractivity contribution >= 4 is 16.2 Å². The molecule has 1 aromatic carbocycles. The summed E-state index contributed by atoms with van der Waals surface area (Å²) in [5.74, 6) is -0.197. The summed E-state index contributed by atoms with van der Waals surface area (Å²) < 4.78 is 42.5. The fourth-order valence-corrected chi connectivity index (χ4v) is 5.19. The molecular weight excluding hydrogens is 458 g/mol. The van der Waals surface area contributed by atoms with E-state index in [2.05, 4.69) is 0 Å². The fourth-order valence-electron chi connectivity index (χ4n) is 4.22. The molecule has 1 aliphatic heterocycles. The first-order chi connectivity index (χ1) is 15.6. The Morgan fingerprint density at radius 1 is 1.24 bits per heavy atom. The zero-order valence-corrected chi connectivity index (χ0v) is 22.0. The highest BCUT2D eigenvalue weighted by molar-refractivity contribution is 7.86. The SMILES string of the molecule is Cc1ccc(S(=O)(=O)OC[C@H](CCC2(O)CC2)C[C@H]2COC(C)(C)N2C(=O)OC(C)(C)C)cc1. The van der Waals surface area contributed by atoms with E-state index < -0.39 is 33.1 Å². The molecule has 1 saturated heterocycles. The van der Waals surface area contributed by atoms with Crippen molar-refractivity contribution in [2.75, 3.05) is 13.2 Å². The maximum Gasteiger partial charge on any atom is 0.412 e. The molecule has 1 amide bonds. The van der Waals surface area contributed by atoms with Crippen LogP contribution in [0.1, 0.15) is 72.3 Å². The topological polar surface area (TPSA) is 102 Å². The number of ether oxygens (including phenoxy) is 2. The van der Waals surface area contributed by atoms with Crippen LogP contribution < -0.4 is 0 Å². The lowest BCUT2D eigenvalue weighted by molar-refractivity contribution is -0.0633. The quantitative estimate of drug-likeness (QED) is 0.505. The molecule has 8 nitrogen and oxygen atoms in total. The molecule has 2 fully saturated rings. The minimum atomic E-state index is -3.92. The molecule has 0 aromatic heterocycles. The first kappa shape index (κ1) is 26.9. The van der Waals surface area contributed by atoms with Gasteiger partial charge in [0, 0.05) is 0 Å². The zero-order valence-electron chi connectivity index (χ0n) is 21.2. The summed E-state index contributed by atoms with van der Waals surface area (Å²) in [6.07, 6.45) is 2.67. The van der Waals surface area contributed by atoms with Gasteiger partial charge in [-0.05, 0) is 91.7 Å². The molecule has 2 atom stereocenters. The lowest BCUT2D eigenvalue weighted by atomic mass is 9.93. The van der Waals surface area contributed by atoms with E-state index in [9.17, 15) is 18.3 Å². The van der Waals surface area contributed by atoms with Crippen LogP contribution in [0.5, 0.6) is 0 Å². The maximum atomic E-state index is 13.0. The maximum absolute atomic E-state index is 13.0. The first-order valence-corrected chi connectivity index (χ1v) is 13.4. The highest BCUT2D eigenvalue weighted by atomic mass is 32.2. The predicted octanol–water partition coefficient (Wildman–Crippen LogP) is 4.38. The fraction of sp³-hybridized carbons (Fsp3) is 0.720. The lowest BCUT2D eigenvalue weighted by Crippen LogP contribution is -2.50.